The number of hydrogen-bond acceptors (Lipinski definition) is 3. The van der Waals surface area contributed by atoms with Gasteiger partial charge in [0, 0.05) is 13.2 Å². The Labute approximate surface area is 91.0 Å². The molecule has 0 aliphatic heterocycles. The van der Waals surface area contributed by atoms with Crippen LogP contribution < -0.4 is 5.32 Å². The van der Waals surface area contributed by atoms with Crippen molar-refractivity contribution < 1.29 is 14.6 Å². The standard InChI is InChI=1S/C11H21NO3/c1-10(2)9(11(10,3)4)12-7(6-15-5)8(13)14/h7,9,12H,6H2,1-5H3,(H,13,14). The molecule has 0 bridgehead atoms. The van der Waals surface area contributed by atoms with Gasteiger partial charge < -0.3 is 9.84 Å². The van der Waals surface area contributed by atoms with Crippen LogP contribution in [0.25, 0.3) is 0 Å². The average Bonchev–Trinajstić information content (AvgIpc) is 2.46. The summed E-state index contributed by atoms with van der Waals surface area (Å²) in [6, 6.07) is -0.373. The van der Waals surface area contributed by atoms with Gasteiger partial charge in [-0.3, -0.25) is 10.1 Å². The molecule has 0 aromatic heterocycles. The Morgan fingerprint density at radius 1 is 1.40 bits per heavy atom. The molecule has 0 aromatic rings. The first-order valence-corrected chi connectivity index (χ1v) is 5.23. The lowest BCUT2D eigenvalue weighted by atomic mass is 10.0. The van der Waals surface area contributed by atoms with Crippen LogP contribution in [0.1, 0.15) is 27.7 Å². The minimum Gasteiger partial charge on any atom is -0.480 e. The minimum absolute atomic E-state index is 0.147. The molecule has 0 spiro atoms. The van der Waals surface area contributed by atoms with Crippen molar-refractivity contribution in [1.82, 2.24) is 5.32 Å². The van der Waals surface area contributed by atoms with Crippen molar-refractivity contribution in [3.05, 3.63) is 0 Å². The lowest BCUT2D eigenvalue weighted by molar-refractivity contribution is -0.141. The van der Waals surface area contributed by atoms with Gasteiger partial charge in [0.05, 0.1) is 6.61 Å². The molecular weight excluding hydrogens is 194 g/mol. The first kappa shape index (κ1) is 12.5. The Kier molecular flexibility index (Phi) is 3.12. The smallest absolute Gasteiger partial charge is 0.323 e. The number of carboxylic acid groups (broad SMARTS) is 1. The van der Waals surface area contributed by atoms with Crippen molar-refractivity contribution in [3.63, 3.8) is 0 Å². The summed E-state index contributed by atoms with van der Waals surface area (Å²) in [5.74, 6) is -0.852. The molecule has 88 valence electrons. The van der Waals surface area contributed by atoms with Crippen LogP contribution in [-0.4, -0.2) is 36.9 Å². The third-order valence-corrected chi connectivity index (χ3v) is 4.02. The fourth-order valence-electron chi connectivity index (χ4n) is 2.17. The van der Waals surface area contributed by atoms with Gasteiger partial charge in [-0.2, -0.15) is 0 Å². The van der Waals surface area contributed by atoms with Crippen LogP contribution in [0.15, 0.2) is 0 Å². The second-order valence-corrected chi connectivity index (χ2v) is 5.39. The van der Waals surface area contributed by atoms with Crippen LogP contribution in [0.2, 0.25) is 0 Å². The van der Waals surface area contributed by atoms with E-state index < -0.39 is 12.0 Å². The van der Waals surface area contributed by atoms with Crippen LogP contribution in [0.5, 0.6) is 0 Å². The Balaban J connectivity index is 2.59. The maximum Gasteiger partial charge on any atom is 0.323 e. The molecule has 1 saturated carbocycles. The molecule has 1 unspecified atom stereocenters. The molecule has 1 atom stereocenters. The van der Waals surface area contributed by atoms with E-state index in [0.717, 1.165) is 0 Å². The van der Waals surface area contributed by atoms with E-state index in [1.807, 2.05) is 0 Å². The van der Waals surface area contributed by atoms with Gasteiger partial charge in [0.25, 0.3) is 0 Å². The van der Waals surface area contributed by atoms with Crippen molar-refractivity contribution in [1.29, 1.82) is 0 Å². The largest absolute Gasteiger partial charge is 0.480 e. The van der Waals surface area contributed by atoms with Crippen LogP contribution >= 0.6 is 0 Å². The Hall–Kier alpha value is -0.610. The van der Waals surface area contributed by atoms with Crippen molar-refractivity contribution in [2.24, 2.45) is 10.8 Å². The van der Waals surface area contributed by atoms with Crippen molar-refractivity contribution >= 4 is 5.97 Å². The van der Waals surface area contributed by atoms with E-state index >= 15 is 0 Å². The summed E-state index contributed by atoms with van der Waals surface area (Å²) in [4.78, 5) is 10.9. The predicted molar refractivity (Wildman–Crippen MR) is 57.8 cm³/mol. The Morgan fingerprint density at radius 2 is 1.87 bits per heavy atom. The summed E-state index contributed by atoms with van der Waals surface area (Å²) in [5, 5.41) is 12.1. The fraction of sp³-hybridized carbons (Fsp3) is 0.909. The van der Waals surface area contributed by atoms with E-state index in [2.05, 4.69) is 33.0 Å². The molecule has 2 N–H and O–H groups in total. The fourth-order valence-corrected chi connectivity index (χ4v) is 2.17. The van der Waals surface area contributed by atoms with Gasteiger partial charge in [-0.15, -0.1) is 0 Å². The van der Waals surface area contributed by atoms with E-state index in [0.29, 0.717) is 0 Å². The highest BCUT2D eigenvalue weighted by atomic mass is 16.5. The van der Waals surface area contributed by atoms with Crippen LogP contribution in [0, 0.1) is 10.8 Å². The molecule has 4 heteroatoms. The summed E-state index contributed by atoms with van der Waals surface area (Å²) >= 11 is 0. The Bertz CT molecular complexity index is 247. The van der Waals surface area contributed by atoms with Gasteiger partial charge >= 0.3 is 5.97 Å². The van der Waals surface area contributed by atoms with E-state index in [-0.39, 0.29) is 23.5 Å². The molecule has 0 amide bonds. The van der Waals surface area contributed by atoms with E-state index in [4.69, 9.17) is 9.84 Å². The quantitative estimate of drug-likeness (QED) is 0.721. The highest BCUT2D eigenvalue weighted by Gasteiger charge is 2.65. The van der Waals surface area contributed by atoms with E-state index in [1.54, 1.807) is 0 Å². The first-order chi connectivity index (χ1) is 6.75. The zero-order valence-electron chi connectivity index (χ0n) is 10.1. The number of nitrogens with one attached hydrogen (secondary N) is 1. The normalized spacial score (nSPS) is 24.9. The summed E-state index contributed by atoms with van der Waals surface area (Å²) in [6.07, 6.45) is 0. The number of carbonyl (C=O) groups is 1. The molecule has 1 rings (SSSR count). The molecule has 1 aliphatic rings. The molecule has 0 radical (unpaired) electrons. The molecule has 1 fully saturated rings. The molecule has 1 aliphatic carbocycles. The second-order valence-electron chi connectivity index (χ2n) is 5.39. The third kappa shape index (κ3) is 2.01. The zero-order chi connectivity index (χ0) is 11.9. The molecule has 0 saturated heterocycles. The number of aliphatic carboxylic acids is 1. The van der Waals surface area contributed by atoms with Crippen molar-refractivity contribution in [2.45, 2.75) is 39.8 Å². The first-order valence-electron chi connectivity index (χ1n) is 5.23. The van der Waals surface area contributed by atoms with Crippen molar-refractivity contribution in [2.75, 3.05) is 13.7 Å². The maximum absolute atomic E-state index is 10.9. The molecule has 15 heavy (non-hydrogen) atoms. The number of ether oxygens (including phenoxy) is 1. The summed E-state index contributed by atoms with van der Waals surface area (Å²) in [5.41, 5.74) is 0.295. The lowest BCUT2D eigenvalue weighted by Crippen LogP contribution is -2.43. The molecule has 4 nitrogen and oxygen atoms in total. The van der Waals surface area contributed by atoms with Gasteiger partial charge in [0.15, 0.2) is 0 Å². The number of carboxylic acids is 1. The van der Waals surface area contributed by atoms with Gasteiger partial charge in [0.1, 0.15) is 6.04 Å². The predicted octanol–water partition coefficient (Wildman–Crippen LogP) is 1.11. The van der Waals surface area contributed by atoms with Gasteiger partial charge in [-0.25, -0.2) is 0 Å². The highest BCUT2D eigenvalue weighted by Crippen LogP contribution is 2.62. The number of hydrogen-bond donors (Lipinski definition) is 2. The average molecular weight is 215 g/mol. The van der Waals surface area contributed by atoms with E-state index in [1.165, 1.54) is 7.11 Å². The zero-order valence-corrected chi connectivity index (χ0v) is 10.1. The van der Waals surface area contributed by atoms with Crippen molar-refractivity contribution in [3.8, 4) is 0 Å². The van der Waals surface area contributed by atoms with Gasteiger partial charge in [-0.05, 0) is 10.8 Å². The van der Waals surface area contributed by atoms with Crippen LogP contribution in [0.3, 0.4) is 0 Å². The topological polar surface area (TPSA) is 58.6 Å². The molecular formula is C11H21NO3. The third-order valence-electron chi connectivity index (χ3n) is 4.02. The van der Waals surface area contributed by atoms with Gasteiger partial charge in [0.2, 0.25) is 0 Å². The number of rotatable bonds is 5. The monoisotopic (exact) mass is 215 g/mol. The van der Waals surface area contributed by atoms with E-state index in [9.17, 15) is 4.79 Å². The second kappa shape index (κ2) is 3.76. The SMILES string of the molecule is COCC(NC1C(C)(C)C1(C)C)C(=O)O. The number of methoxy groups -OCH3 is 1. The highest BCUT2D eigenvalue weighted by molar-refractivity contribution is 5.73. The minimum atomic E-state index is -0.852. The summed E-state index contributed by atoms with van der Waals surface area (Å²) in [7, 11) is 1.51. The molecule has 0 aromatic carbocycles. The van der Waals surface area contributed by atoms with Crippen LogP contribution in [-0.2, 0) is 9.53 Å². The summed E-state index contributed by atoms with van der Waals surface area (Å²) < 4.78 is 4.89. The van der Waals surface area contributed by atoms with Crippen LogP contribution in [0.4, 0.5) is 0 Å². The lowest BCUT2D eigenvalue weighted by Gasteiger charge is -2.14. The maximum atomic E-state index is 10.9. The van der Waals surface area contributed by atoms with Gasteiger partial charge in [-0.1, -0.05) is 27.7 Å². The Morgan fingerprint density at radius 3 is 2.13 bits per heavy atom. The molecule has 0 heterocycles. The summed E-state index contributed by atoms with van der Waals surface area (Å²) in [6.45, 7) is 8.80.